The van der Waals surface area contributed by atoms with Crippen LogP contribution >= 0.6 is 0 Å². The van der Waals surface area contributed by atoms with Crippen molar-refractivity contribution in [3.63, 3.8) is 0 Å². The molecular formula is C15H19NO. The van der Waals surface area contributed by atoms with Gasteiger partial charge in [-0.1, -0.05) is 24.3 Å². The maximum absolute atomic E-state index is 10.6. The molecule has 1 saturated carbocycles. The minimum absolute atomic E-state index is 0.772. The van der Waals surface area contributed by atoms with Crippen LogP contribution in [0.1, 0.15) is 35.2 Å². The summed E-state index contributed by atoms with van der Waals surface area (Å²) in [7, 11) is 0. The Morgan fingerprint density at radius 1 is 1.24 bits per heavy atom. The molecule has 0 N–H and O–H groups in total. The van der Waals surface area contributed by atoms with Gasteiger partial charge < -0.3 is 0 Å². The summed E-state index contributed by atoms with van der Waals surface area (Å²) in [6.07, 6.45) is 6.32. The van der Waals surface area contributed by atoms with Gasteiger partial charge in [-0.2, -0.15) is 0 Å². The number of hydrogen-bond donors (Lipinski definition) is 0. The van der Waals surface area contributed by atoms with E-state index in [1.54, 1.807) is 0 Å². The van der Waals surface area contributed by atoms with E-state index in [4.69, 9.17) is 0 Å². The lowest BCUT2D eigenvalue weighted by Crippen LogP contribution is -2.33. The summed E-state index contributed by atoms with van der Waals surface area (Å²) < 4.78 is 0. The highest BCUT2D eigenvalue weighted by atomic mass is 16.1. The van der Waals surface area contributed by atoms with Gasteiger partial charge in [0.1, 0.15) is 6.29 Å². The van der Waals surface area contributed by atoms with E-state index in [1.807, 2.05) is 12.1 Å². The third kappa shape index (κ3) is 2.27. The van der Waals surface area contributed by atoms with Gasteiger partial charge in [-0.05, 0) is 37.2 Å². The SMILES string of the molecule is O=Cc1ccc(CCN2CC3CCC2C3)cc1. The predicted octanol–water partition coefficient (Wildman–Crippen LogP) is 2.53. The van der Waals surface area contributed by atoms with Gasteiger partial charge in [-0.15, -0.1) is 0 Å². The lowest BCUT2D eigenvalue weighted by Gasteiger charge is -2.26. The summed E-state index contributed by atoms with van der Waals surface area (Å²) in [6, 6.07) is 8.86. The summed E-state index contributed by atoms with van der Waals surface area (Å²) in [5.41, 5.74) is 2.12. The van der Waals surface area contributed by atoms with E-state index in [2.05, 4.69) is 17.0 Å². The third-order valence-electron chi connectivity index (χ3n) is 4.33. The van der Waals surface area contributed by atoms with Crippen molar-refractivity contribution in [1.29, 1.82) is 0 Å². The van der Waals surface area contributed by atoms with Crippen LogP contribution < -0.4 is 0 Å². The van der Waals surface area contributed by atoms with Gasteiger partial charge in [0.15, 0.2) is 0 Å². The molecule has 2 bridgehead atoms. The molecule has 1 aromatic carbocycles. The fourth-order valence-corrected chi connectivity index (χ4v) is 3.34. The first kappa shape index (κ1) is 11.0. The number of rotatable bonds is 4. The Bertz CT molecular complexity index is 398. The zero-order valence-corrected chi connectivity index (χ0v) is 10.1. The van der Waals surface area contributed by atoms with E-state index < -0.39 is 0 Å². The number of likely N-dealkylation sites (tertiary alicyclic amines) is 1. The first-order chi connectivity index (χ1) is 8.35. The summed E-state index contributed by atoms with van der Waals surface area (Å²) >= 11 is 0. The molecule has 0 amide bonds. The Hall–Kier alpha value is -1.15. The molecule has 1 aliphatic carbocycles. The van der Waals surface area contributed by atoms with Gasteiger partial charge in [0.25, 0.3) is 0 Å². The lowest BCUT2D eigenvalue weighted by atomic mass is 10.1. The number of nitrogens with zero attached hydrogens (tertiary/aromatic N) is 1. The van der Waals surface area contributed by atoms with Crippen molar-refractivity contribution in [3.05, 3.63) is 35.4 Å². The van der Waals surface area contributed by atoms with E-state index in [0.717, 1.165) is 30.2 Å². The van der Waals surface area contributed by atoms with Gasteiger partial charge in [0, 0.05) is 24.7 Å². The molecule has 2 unspecified atom stereocenters. The second-order valence-electron chi connectivity index (χ2n) is 5.44. The number of benzene rings is 1. The van der Waals surface area contributed by atoms with Crippen LogP contribution in [0.4, 0.5) is 0 Å². The molecule has 90 valence electrons. The summed E-state index contributed by atoms with van der Waals surface area (Å²) in [5, 5.41) is 0. The second kappa shape index (κ2) is 4.61. The van der Waals surface area contributed by atoms with Gasteiger partial charge >= 0.3 is 0 Å². The van der Waals surface area contributed by atoms with E-state index in [9.17, 15) is 4.79 Å². The van der Waals surface area contributed by atoms with Crippen LogP contribution in [0.5, 0.6) is 0 Å². The fraction of sp³-hybridized carbons (Fsp3) is 0.533. The molecule has 0 radical (unpaired) electrons. The predicted molar refractivity (Wildman–Crippen MR) is 68.2 cm³/mol. The van der Waals surface area contributed by atoms with Crippen LogP contribution in [0.15, 0.2) is 24.3 Å². The molecule has 1 heterocycles. The van der Waals surface area contributed by atoms with Crippen molar-refractivity contribution < 1.29 is 4.79 Å². The highest BCUT2D eigenvalue weighted by Crippen LogP contribution is 2.37. The summed E-state index contributed by atoms with van der Waals surface area (Å²) in [6.45, 7) is 2.50. The molecule has 1 aromatic rings. The zero-order valence-electron chi connectivity index (χ0n) is 10.1. The number of hydrogen-bond acceptors (Lipinski definition) is 2. The zero-order chi connectivity index (χ0) is 11.7. The van der Waals surface area contributed by atoms with Gasteiger partial charge in [-0.25, -0.2) is 0 Å². The molecule has 17 heavy (non-hydrogen) atoms. The Kier molecular flexibility index (Phi) is 2.98. The second-order valence-corrected chi connectivity index (χ2v) is 5.44. The van der Waals surface area contributed by atoms with Crippen LogP contribution in [-0.4, -0.2) is 30.3 Å². The summed E-state index contributed by atoms with van der Waals surface area (Å²) in [5.74, 6) is 0.984. The molecule has 1 aliphatic heterocycles. The first-order valence-corrected chi connectivity index (χ1v) is 6.63. The lowest BCUT2D eigenvalue weighted by molar-refractivity contribution is 0.112. The van der Waals surface area contributed by atoms with Crippen LogP contribution in [0, 0.1) is 5.92 Å². The quantitative estimate of drug-likeness (QED) is 0.739. The first-order valence-electron chi connectivity index (χ1n) is 6.63. The average Bonchev–Trinajstić information content (AvgIpc) is 2.99. The minimum atomic E-state index is 0.772. The van der Waals surface area contributed by atoms with Crippen molar-refractivity contribution >= 4 is 6.29 Å². The number of fused-ring (bicyclic) bond motifs is 2. The Morgan fingerprint density at radius 2 is 2.06 bits per heavy atom. The van der Waals surface area contributed by atoms with Gasteiger partial charge in [-0.3, -0.25) is 9.69 Å². The van der Waals surface area contributed by atoms with Gasteiger partial charge in [0.05, 0.1) is 0 Å². The molecule has 0 aromatic heterocycles. The van der Waals surface area contributed by atoms with Crippen molar-refractivity contribution in [2.45, 2.75) is 31.7 Å². The fourth-order valence-electron chi connectivity index (χ4n) is 3.34. The van der Waals surface area contributed by atoms with Crippen molar-refractivity contribution in [3.8, 4) is 0 Å². The summed E-state index contributed by atoms with van der Waals surface area (Å²) in [4.78, 5) is 13.2. The Labute approximate surface area is 103 Å². The normalized spacial score (nSPS) is 27.5. The third-order valence-corrected chi connectivity index (χ3v) is 4.33. The highest BCUT2D eigenvalue weighted by molar-refractivity contribution is 5.74. The molecule has 1 saturated heterocycles. The average molecular weight is 229 g/mol. The molecule has 3 rings (SSSR count). The van der Waals surface area contributed by atoms with Crippen LogP contribution in [-0.2, 0) is 6.42 Å². The number of aldehydes is 1. The van der Waals surface area contributed by atoms with Crippen molar-refractivity contribution in [1.82, 2.24) is 4.90 Å². The van der Waals surface area contributed by atoms with E-state index >= 15 is 0 Å². The number of piperidine rings is 1. The minimum Gasteiger partial charge on any atom is -0.300 e. The van der Waals surface area contributed by atoms with Gasteiger partial charge in [0.2, 0.25) is 0 Å². The van der Waals surface area contributed by atoms with Crippen LogP contribution in [0.3, 0.4) is 0 Å². The number of carbonyl (C=O) groups is 1. The van der Waals surface area contributed by atoms with E-state index in [0.29, 0.717) is 0 Å². The molecule has 2 heteroatoms. The Morgan fingerprint density at radius 3 is 2.65 bits per heavy atom. The molecule has 0 spiro atoms. The van der Waals surface area contributed by atoms with Crippen LogP contribution in [0.2, 0.25) is 0 Å². The molecule has 2 aliphatic rings. The topological polar surface area (TPSA) is 20.3 Å². The van der Waals surface area contributed by atoms with E-state index in [-0.39, 0.29) is 0 Å². The maximum atomic E-state index is 10.6. The smallest absolute Gasteiger partial charge is 0.150 e. The van der Waals surface area contributed by atoms with Crippen molar-refractivity contribution in [2.24, 2.45) is 5.92 Å². The van der Waals surface area contributed by atoms with Crippen molar-refractivity contribution in [2.75, 3.05) is 13.1 Å². The van der Waals surface area contributed by atoms with E-state index in [1.165, 1.54) is 37.9 Å². The standard InChI is InChI=1S/C15H19NO/c17-11-13-3-1-12(2-4-13)7-8-16-10-14-5-6-15(16)9-14/h1-4,11,14-15H,5-10H2. The largest absolute Gasteiger partial charge is 0.300 e. The molecule has 2 fully saturated rings. The monoisotopic (exact) mass is 229 g/mol. The molecule has 2 atom stereocenters. The molecular weight excluding hydrogens is 210 g/mol. The Balaban J connectivity index is 1.55. The highest BCUT2D eigenvalue weighted by Gasteiger charge is 2.36. The number of carbonyl (C=O) groups excluding carboxylic acids is 1. The van der Waals surface area contributed by atoms with Crippen LogP contribution in [0.25, 0.3) is 0 Å². The molecule has 2 nitrogen and oxygen atoms in total. The maximum Gasteiger partial charge on any atom is 0.150 e.